The van der Waals surface area contributed by atoms with Crippen LogP contribution in [0, 0.1) is 0 Å². The second-order valence-corrected chi connectivity index (χ2v) is 4.65. The van der Waals surface area contributed by atoms with E-state index in [-0.39, 0.29) is 12.5 Å². The summed E-state index contributed by atoms with van der Waals surface area (Å²) < 4.78 is 0. The number of carbonyl (C=O) groups excluding carboxylic acids is 1. The highest BCUT2D eigenvalue weighted by molar-refractivity contribution is 5.79. The molecule has 0 saturated heterocycles. The van der Waals surface area contributed by atoms with E-state index in [0.717, 1.165) is 19.3 Å². The lowest BCUT2D eigenvalue weighted by atomic mass is 9.97. The van der Waals surface area contributed by atoms with Crippen molar-refractivity contribution in [2.75, 3.05) is 13.1 Å². The van der Waals surface area contributed by atoms with Crippen molar-refractivity contribution >= 4 is 11.9 Å². The van der Waals surface area contributed by atoms with Crippen molar-refractivity contribution in [3.05, 3.63) is 11.6 Å². The third-order valence-electron chi connectivity index (χ3n) is 3.09. The summed E-state index contributed by atoms with van der Waals surface area (Å²) in [7, 11) is 0. The molecule has 0 spiro atoms. The summed E-state index contributed by atoms with van der Waals surface area (Å²) in [6.07, 6.45) is 7.98. The van der Waals surface area contributed by atoms with Crippen LogP contribution in [0.1, 0.15) is 39.0 Å². The molecular formula is C13H22N2O3. The molecule has 1 rings (SSSR count). The van der Waals surface area contributed by atoms with E-state index < -0.39 is 12.0 Å². The second kappa shape index (κ2) is 7.87. The van der Waals surface area contributed by atoms with E-state index >= 15 is 0 Å². The number of aliphatic carboxylic acids is 1. The van der Waals surface area contributed by atoms with Crippen LogP contribution in [0.4, 0.5) is 0 Å². The average molecular weight is 254 g/mol. The first-order valence-electron chi connectivity index (χ1n) is 6.50. The standard InChI is InChI=1S/C13H22N2O3/c1-10(13(17)18)15-9-12(16)14-8-7-11-5-3-2-4-6-11/h5,10,15H,2-4,6-9H2,1H3,(H,14,16)(H,17,18)/t10-/m1/s1. The van der Waals surface area contributed by atoms with Gasteiger partial charge in [0.2, 0.25) is 5.91 Å². The molecule has 0 aromatic carbocycles. The quantitative estimate of drug-likeness (QED) is 0.593. The van der Waals surface area contributed by atoms with Gasteiger partial charge in [0.15, 0.2) is 0 Å². The number of carboxylic acids is 1. The Morgan fingerprint density at radius 1 is 1.44 bits per heavy atom. The Morgan fingerprint density at radius 3 is 2.83 bits per heavy atom. The van der Waals surface area contributed by atoms with Gasteiger partial charge >= 0.3 is 5.97 Å². The minimum absolute atomic E-state index is 0.0481. The lowest BCUT2D eigenvalue weighted by molar-refractivity contribution is -0.139. The van der Waals surface area contributed by atoms with Crippen LogP contribution in [-0.2, 0) is 9.59 Å². The van der Waals surface area contributed by atoms with Crippen LogP contribution < -0.4 is 10.6 Å². The maximum absolute atomic E-state index is 11.4. The predicted molar refractivity (Wildman–Crippen MR) is 69.3 cm³/mol. The monoisotopic (exact) mass is 254 g/mol. The summed E-state index contributed by atoms with van der Waals surface area (Å²) in [5.41, 5.74) is 1.42. The zero-order valence-corrected chi connectivity index (χ0v) is 10.9. The summed E-state index contributed by atoms with van der Waals surface area (Å²) in [6.45, 7) is 2.20. The number of hydrogen-bond donors (Lipinski definition) is 3. The number of nitrogens with one attached hydrogen (secondary N) is 2. The van der Waals surface area contributed by atoms with E-state index in [9.17, 15) is 9.59 Å². The molecule has 1 atom stereocenters. The average Bonchev–Trinajstić information content (AvgIpc) is 2.37. The van der Waals surface area contributed by atoms with Crippen LogP contribution in [0.5, 0.6) is 0 Å². The Balaban J connectivity index is 2.09. The van der Waals surface area contributed by atoms with Crippen molar-refractivity contribution in [1.82, 2.24) is 10.6 Å². The number of amides is 1. The van der Waals surface area contributed by atoms with E-state index in [1.54, 1.807) is 0 Å². The third-order valence-corrected chi connectivity index (χ3v) is 3.09. The Labute approximate surface area is 108 Å². The highest BCUT2D eigenvalue weighted by Crippen LogP contribution is 2.19. The summed E-state index contributed by atoms with van der Waals surface area (Å²) in [6, 6.07) is -0.697. The lowest BCUT2D eigenvalue weighted by Gasteiger charge is -2.13. The number of carboxylic acid groups (broad SMARTS) is 1. The van der Waals surface area contributed by atoms with Crippen LogP contribution >= 0.6 is 0 Å². The predicted octanol–water partition coefficient (Wildman–Crippen LogP) is 1.06. The van der Waals surface area contributed by atoms with Gasteiger partial charge in [-0.15, -0.1) is 0 Å². The SMILES string of the molecule is C[C@@H](NCC(=O)NCCC1=CCCCC1)C(=O)O. The number of rotatable bonds is 7. The smallest absolute Gasteiger partial charge is 0.320 e. The van der Waals surface area contributed by atoms with Crippen LogP contribution in [0.15, 0.2) is 11.6 Å². The molecule has 1 amide bonds. The lowest BCUT2D eigenvalue weighted by Crippen LogP contribution is -2.41. The Hall–Kier alpha value is -1.36. The van der Waals surface area contributed by atoms with E-state index in [2.05, 4.69) is 16.7 Å². The molecule has 0 aromatic heterocycles. The van der Waals surface area contributed by atoms with Crippen molar-refractivity contribution in [2.24, 2.45) is 0 Å². The first kappa shape index (κ1) is 14.7. The normalized spacial score (nSPS) is 16.8. The molecule has 0 radical (unpaired) electrons. The molecule has 0 aromatic rings. The van der Waals surface area contributed by atoms with Gasteiger partial charge in [-0.1, -0.05) is 11.6 Å². The van der Waals surface area contributed by atoms with Crippen LogP contribution in [0.2, 0.25) is 0 Å². The molecule has 1 aliphatic carbocycles. The molecule has 5 heteroatoms. The van der Waals surface area contributed by atoms with E-state index in [4.69, 9.17) is 5.11 Å². The molecular weight excluding hydrogens is 232 g/mol. The van der Waals surface area contributed by atoms with Crippen molar-refractivity contribution in [3.63, 3.8) is 0 Å². The largest absolute Gasteiger partial charge is 0.480 e. The fourth-order valence-corrected chi connectivity index (χ4v) is 1.89. The molecule has 5 nitrogen and oxygen atoms in total. The van der Waals surface area contributed by atoms with Gasteiger partial charge in [0, 0.05) is 6.54 Å². The molecule has 0 fully saturated rings. The van der Waals surface area contributed by atoms with Gasteiger partial charge in [0.05, 0.1) is 6.54 Å². The highest BCUT2D eigenvalue weighted by atomic mass is 16.4. The van der Waals surface area contributed by atoms with Gasteiger partial charge in [-0.05, 0) is 39.0 Å². The second-order valence-electron chi connectivity index (χ2n) is 4.65. The first-order chi connectivity index (χ1) is 8.59. The van der Waals surface area contributed by atoms with Gasteiger partial charge < -0.3 is 10.4 Å². The molecule has 18 heavy (non-hydrogen) atoms. The van der Waals surface area contributed by atoms with Gasteiger partial charge in [-0.25, -0.2) is 0 Å². The number of carbonyl (C=O) groups is 2. The summed E-state index contributed by atoms with van der Waals surface area (Å²) >= 11 is 0. The highest BCUT2D eigenvalue weighted by Gasteiger charge is 2.11. The van der Waals surface area contributed by atoms with Gasteiger partial charge in [-0.2, -0.15) is 0 Å². The molecule has 102 valence electrons. The minimum atomic E-state index is -0.949. The fraction of sp³-hybridized carbons (Fsp3) is 0.692. The van der Waals surface area contributed by atoms with E-state index in [0.29, 0.717) is 6.54 Å². The Kier molecular flexibility index (Phi) is 6.43. The van der Waals surface area contributed by atoms with Crippen molar-refractivity contribution in [2.45, 2.75) is 45.1 Å². The Morgan fingerprint density at radius 2 is 2.22 bits per heavy atom. The summed E-state index contributed by atoms with van der Waals surface area (Å²) in [5.74, 6) is -1.10. The minimum Gasteiger partial charge on any atom is -0.480 e. The molecule has 0 bridgehead atoms. The zero-order valence-electron chi connectivity index (χ0n) is 10.9. The van der Waals surface area contributed by atoms with Crippen LogP contribution in [0.25, 0.3) is 0 Å². The zero-order chi connectivity index (χ0) is 13.4. The molecule has 3 N–H and O–H groups in total. The molecule has 0 unspecified atom stereocenters. The number of hydrogen-bond acceptors (Lipinski definition) is 3. The van der Waals surface area contributed by atoms with Crippen LogP contribution in [0.3, 0.4) is 0 Å². The molecule has 1 aliphatic rings. The maximum atomic E-state index is 11.4. The van der Waals surface area contributed by atoms with E-state index in [1.807, 2.05) is 0 Å². The van der Waals surface area contributed by atoms with Gasteiger partial charge in [0.25, 0.3) is 0 Å². The van der Waals surface area contributed by atoms with Gasteiger partial charge in [-0.3, -0.25) is 14.9 Å². The molecule has 0 aliphatic heterocycles. The van der Waals surface area contributed by atoms with Crippen molar-refractivity contribution in [1.29, 1.82) is 0 Å². The fourth-order valence-electron chi connectivity index (χ4n) is 1.89. The first-order valence-corrected chi connectivity index (χ1v) is 6.50. The Bertz CT molecular complexity index is 326. The van der Waals surface area contributed by atoms with Crippen molar-refractivity contribution < 1.29 is 14.7 Å². The summed E-state index contributed by atoms with van der Waals surface area (Å²) in [5, 5.41) is 14.1. The van der Waals surface area contributed by atoms with E-state index in [1.165, 1.54) is 25.3 Å². The van der Waals surface area contributed by atoms with Crippen LogP contribution in [-0.4, -0.2) is 36.1 Å². The summed E-state index contributed by atoms with van der Waals surface area (Å²) in [4.78, 5) is 22.0. The number of allylic oxidation sites excluding steroid dienone is 1. The van der Waals surface area contributed by atoms with Gasteiger partial charge in [0.1, 0.15) is 6.04 Å². The molecule has 0 saturated carbocycles. The topological polar surface area (TPSA) is 78.4 Å². The third kappa shape index (κ3) is 5.82. The molecule has 0 heterocycles. The maximum Gasteiger partial charge on any atom is 0.320 e. The van der Waals surface area contributed by atoms with Crippen molar-refractivity contribution in [3.8, 4) is 0 Å².